The average Bonchev–Trinajstić information content (AvgIpc) is 2.96. The fourth-order valence-corrected chi connectivity index (χ4v) is 1.63. The lowest BCUT2D eigenvalue weighted by Crippen LogP contribution is -2.00. The number of rotatable bonds is 3. The first kappa shape index (κ1) is 8.68. The van der Waals surface area contributed by atoms with Crippen molar-refractivity contribution in [2.75, 3.05) is 6.61 Å². The Hall–Kier alpha value is -1.61. The van der Waals surface area contributed by atoms with Crippen LogP contribution in [0, 0.1) is 0 Å². The average molecular weight is 200 g/mol. The Balaban J connectivity index is 1.83. The summed E-state index contributed by atoms with van der Waals surface area (Å²) in [6.07, 6.45) is 4.34. The highest BCUT2D eigenvalue weighted by molar-refractivity contribution is 5.57. The molecule has 1 aromatic carbocycles. The van der Waals surface area contributed by atoms with E-state index in [4.69, 9.17) is 4.74 Å². The standard InChI is InChI=1S/C12H12N2O/c1-2-4-10(5-3-1)12-7-14(9-13-12)6-11-8-15-11/h1-5,7,9,11H,6,8H2. The highest BCUT2D eigenvalue weighted by Gasteiger charge is 2.22. The molecule has 2 heterocycles. The number of nitrogens with zero attached hydrogens (tertiary/aromatic N) is 2. The van der Waals surface area contributed by atoms with E-state index in [0.29, 0.717) is 6.10 Å². The molecule has 1 aliphatic rings. The molecule has 0 aliphatic carbocycles. The van der Waals surface area contributed by atoms with Gasteiger partial charge < -0.3 is 9.30 Å². The minimum atomic E-state index is 0.405. The van der Waals surface area contributed by atoms with Gasteiger partial charge in [-0.2, -0.15) is 0 Å². The molecule has 1 fully saturated rings. The molecule has 1 saturated heterocycles. The van der Waals surface area contributed by atoms with E-state index in [0.717, 1.165) is 24.4 Å². The summed E-state index contributed by atoms with van der Waals surface area (Å²) in [5, 5.41) is 0. The van der Waals surface area contributed by atoms with Crippen LogP contribution in [0.25, 0.3) is 11.3 Å². The molecule has 1 unspecified atom stereocenters. The van der Waals surface area contributed by atoms with Crippen molar-refractivity contribution in [2.45, 2.75) is 12.6 Å². The molecular formula is C12H12N2O. The summed E-state index contributed by atoms with van der Waals surface area (Å²) < 4.78 is 7.26. The van der Waals surface area contributed by atoms with E-state index in [-0.39, 0.29) is 0 Å². The Morgan fingerprint density at radius 3 is 2.87 bits per heavy atom. The maximum Gasteiger partial charge on any atom is 0.0988 e. The molecule has 0 saturated carbocycles. The SMILES string of the molecule is c1ccc(-c2cn(CC3CO3)cn2)cc1. The molecule has 0 spiro atoms. The molecule has 0 amide bonds. The van der Waals surface area contributed by atoms with Gasteiger partial charge in [0.15, 0.2) is 0 Å². The maximum atomic E-state index is 5.18. The summed E-state index contributed by atoms with van der Waals surface area (Å²) in [6, 6.07) is 10.2. The van der Waals surface area contributed by atoms with Crippen LogP contribution in [-0.2, 0) is 11.3 Å². The maximum absolute atomic E-state index is 5.18. The topological polar surface area (TPSA) is 30.4 Å². The van der Waals surface area contributed by atoms with Gasteiger partial charge >= 0.3 is 0 Å². The van der Waals surface area contributed by atoms with Crippen LogP contribution in [0.5, 0.6) is 0 Å². The fourth-order valence-electron chi connectivity index (χ4n) is 1.63. The first-order valence-corrected chi connectivity index (χ1v) is 5.10. The Labute approximate surface area is 88.3 Å². The van der Waals surface area contributed by atoms with Crippen LogP contribution in [0.4, 0.5) is 0 Å². The van der Waals surface area contributed by atoms with Crippen molar-refractivity contribution < 1.29 is 4.74 Å². The lowest BCUT2D eigenvalue weighted by molar-refractivity contribution is 0.383. The van der Waals surface area contributed by atoms with Crippen LogP contribution in [0.2, 0.25) is 0 Å². The second-order valence-corrected chi connectivity index (χ2v) is 3.78. The second kappa shape index (κ2) is 3.51. The van der Waals surface area contributed by atoms with Crippen LogP contribution in [0.1, 0.15) is 0 Å². The molecule has 3 rings (SSSR count). The van der Waals surface area contributed by atoms with E-state index >= 15 is 0 Å². The van der Waals surface area contributed by atoms with Gasteiger partial charge in [-0.15, -0.1) is 0 Å². The van der Waals surface area contributed by atoms with Gasteiger partial charge in [-0.05, 0) is 0 Å². The summed E-state index contributed by atoms with van der Waals surface area (Å²) in [7, 11) is 0. The number of benzene rings is 1. The van der Waals surface area contributed by atoms with Gasteiger partial charge in [0.2, 0.25) is 0 Å². The third-order valence-electron chi connectivity index (χ3n) is 2.52. The number of hydrogen-bond acceptors (Lipinski definition) is 2. The molecule has 0 N–H and O–H groups in total. The zero-order valence-electron chi connectivity index (χ0n) is 8.34. The zero-order chi connectivity index (χ0) is 10.1. The van der Waals surface area contributed by atoms with Crippen LogP contribution in [-0.4, -0.2) is 22.3 Å². The van der Waals surface area contributed by atoms with Crippen LogP contribution in [0.3, 0.4) is 0 Å². The van der Waals surface area contributed by atoms with Crippen molar-refractivity contribution in [3.63, 3.8) is 0 Å². The Morgan fingerprint density at radius 1 is 1.33 bits per heavy atom. The van der Waals surface area contributed by atoms with E-state index in [1.54, 1.807) is 0 Å². The minimum Gasteiger partial charge on any atom is -0.371 e. The lowest BCUT2D eigenvalue weighted by Gasteiger charge is -1.96. The third-order valence-corrected chi connectivity index (χ3v) is 2.52. The van der Waals surface area contributed by atoms with Gasteiger partial charge in [-0.25, -0.2) is 4.98 Å². The minimum absolute atomic E-state index is 0.405. The molecule has 1 atom stereocenters. The van der Waals surface area contributed by atoms with Crippen molar-refractivity contribution in [3.8, 4) is 11.3 Å². The summed E-state index contributed by atoms with van der Waals surface area (Å²) in [5.74, 6) is 0. The van der Waals surface area contributed by atoms with Crippen LogP contribution < -0.4 is 0 Å². The van der Waals surface area contributed by atoms with Crippen molar-refractivity contribution in [1.29, 1.82) is 0 Å². The van der Waals surface area contributed by atoms with Crippen LogP contribution in [0.15, 0.2) is 42.9 Å². The summed E-state index contributed by atoms with van der Waals surface area (Å²) in [4.78, 5) is 4.37. The first-order valence-electron chi connectivity index (χ1n) is 5.10. The quantitative estimate of drug-likeness (QED) is 0.709. The highest BCUT2D eigenvalue weighted by atomic mass is 16.6. The van der Waals surface area contributed by atoms with E-state index in [1.807, 2.05) is 24.5 Å². The lowest BCUT2D eigenvalue weighted by atomic mass is 10.2. The number of aromatic nitrogens is 2. The number of ether oxygens (including phenoxy) is 1. The highest BCUT2D eigenvalue weighted by Crippen LogP contribution is 2.18. The number of epoxide rings is 1. The Morgan fingerprint density at radius 2 is 2.13 bits per heavy atom. The van der Waals surface area contributed by atoms with Gasteiger partial charge in [0.05, 0.1) is 31.3 Å². The summed E-state index contributed by atoms with van der Waals surface area (Å²) >= 11 is 0. The van der Waals surface area contributed by atoms with Gasteiger partial charge in [-0.3, -0.25) is 0 Å². The second-order valence-electron chi connectivity index (χ2n) is 3.78. The van der Waals surface area contributed by atoms with Crippen LogP contribution >= 0.6 is 0 Å². The molecule has 3 nitrogen and oxygen atoms in total. The predicted molar refractivity (Wildman–Crippen MR) is 57.4 cm³/mol. The van der Waals surface area contributed by atoms with E-state index in [1.165, 1.54) is 0 Å². The third kappa shape index (κ3) is 1.92. The first-order chi connectivity index (χ1) is 7.42. The largest absolute Gasteiger partial charge is 0.371 e. The fraction of sp³-hybridized carbons (Fsp3) is 0.250. The molecule has 0 radical (unpaired) electrons. The monoisotopic (exact) mass is 200 g/mol. The smallest absolute Gasteiger partial charge is 0.0988 e. The number of hydrogen-bond donors (Lipinski definition) is 0. The number of imidazole rings is 1. The van der Waals surface area contributed by atoms with Crippen molar-refractivity contribution >= 4 is 0 Å². The molecule has 1 aliphatic heterocycles. The zero-order valence-corrected chi connectivity index (χ0v) is 8.34. The Kier molecular flexibility index (Phi) is 2.03. The van der Waals surface area contributed by atoms with Gasteiger partial charge in [-0.1, -0.05) is 30.3 Å². The Bertz CT molecular complexity index is 446. The van der Waals surface area contributed by atoms with E-state index in [2.05, 4.69) is 27.9 Å². The molecule has 1 aromatic heterocycles. The van der Waals surface area contributed by atoms with Gasteiger partial charge in [0, 0.05) is 11.8 Å². The molecule has 15 heavy (non-hydrogen) atoms. The molecule has 76 valence electrons. The predicted octanol–water partition coefficient (Wildman–Crippen LogP) is 1.95. The molecular weight excluding hydrogens is 188 g/mol. The van der Waals surface area contributed by atoms with E-state index in [9.17, 15) is 0 Å². The van der Waals surface area contributed by atoms with Crippen molar-refractivity contribution in [1.82, 2.24) is 9.55 Å². The molecule has 3 heteroatoms. The van der Waals surface area contributed by atoms with Crippen molar-refractivity contribution in [3.05, 3.63) is 42.9 Å². The molecule has 0 bridgehead atoms. The van der Waals surface area contributed by atoms with Gasteiger partial charge in [0.1, 0.15) is 0 Å². The van der Waals surface area contributed by atoms with E-state index < -0.39 is 0 Å². The van der Waals surface area contributed by atoms with Gasteiger partial charge in [0.25, 0.3) is 0 Å². The summed E-state index contributed by atoms with van der Waals surface area (Å²) in [5.41, 5.74) is 2.18. The molecule has 2 aromatic rings. The summed E-state index contributed by atoms with van der Waals surface area (Å²) in [6.45, 7) is 1.80. The normalized spacial score (nSPS) is 19.1. The van der Waals surface area contributed by atoms with Crippen molar-refractivity contribution in [2.24, 2.45) is 0 Å².